The van der Waals surface area contributed by atoms with Gasteiger partial charge in [0.25, 0.3) is 0 Å². The molecule has 11 heavy (non-hydrogen) atoms. The van der Waals surface area contributed by atoms with Gasteiger partial charge in [0, 0.05) is 19.1 Å². The molecule has 0 radical (unpaired) electrons. The number of hydrogen-bond acceptors (Lipinski definition) is 2. The van der Waals surface area contributed by atoms with Gasteiger partial charge in [-0.25, -0.2) is 0 Å². The van der Waals surface area contributed by atoms with Crippen LogP contribution < -0.4 is 0 Å². The van der Waals surface area contributed by atoms with Crippen LogP contribution in [0.25, 0.3) is 0 Å². The Hall–Kier alpha value is -0.0800. The molecule has 0 aromatic heterocycles. The molecule has 0 spiro atoms. The number of hydrogen-bond donors (Lipinski definition) is 1. The van der Waals surface area contributed by atoms with E-state index in [9.17, 15) is 0 Å². The van der Waals surface area contributed by atoms with Crippen LogP contribution in [0.3, 0.4) is 0 Å². The monoisotopic (exact) mass is 157 g/mol. The summed E-state index contributed by atoms with van der Waals surface area (Å²) in [6.07, 6.45) is 2.37. The average molecular weight is 157 g/mol. The maximum Gasteiger partial charge on any atom is 0.0586 e. The third kappa shape index (κ3) is 1.94. The fourth-order valence-electron chi connectivity index (χ4n) is 1.67. The van der Waals surface area contributed by atoms with Gasteiger partial charge in [0.05, 0.1) is 6.61 Å². The van der Waals surface area contributed by atoms with E-state index < -0.39 is 0 Å². The summed E-state index contributed by atoms with van der Waals surface area (Å²) in [5.41, 5.74) is 0. The smallest absolute Gasteiger partial charge is 0.0586 e. The maximum atomic E-state index is 8.98. The normalized spacial score (nSPS) is 23.2. The van der Waals surface area contributed by atoms with Gasteiger partial charge in [-0.1, -0.05) is 20.3 Å². The molecule has 2 nitrogen and oxygen atoms in total. The van der Waals surface area contributed by atoms with Crippen molar-refractivity contribution < 1.29 is 5.11 Å². The summed E-state index contributed by atoms with van der Waals surface area (Å²) in [5, 5.41) is 8.98. The quantitative estimate of drug-likeness (QED) is 0.660. The second kappa shape index (κ2) is 4.07. The first-order valence-corrected chi connectivity index (χ1v) is 4.66. The fourth-order valence-corrected chi connectivity index (χ4v) is 1.67. The van der Waals surface area contributed by atoms with Crippen molar-refractivity contribution in [3.63, 3.8) is 0 Å². The maximum absolute atomic E-state index is 8.98. The van der Waals surface area contributed by atoms with E-state index in [2.05, 4.69) is 18.7 Å². The predicted octanol–water partition coefficient (Wildman–Crippen LogP) is 1.10. The van der Waals surface area contributed by atoms with Crippen LogP contribution in [0, 0.1) is 5.92 Å². The van der Waals surface area contributed by atoms with Crippen LogP contribution in [0.5, 0.6) is 0 Å². The van der Waals surface area contributed by atoms with E-state index in [4.69, 9.17) is 5.11 Å². The van der Waals surface area contributed by atoms with Crippen molar-refractivity contribution in [2.45, 2.75) is 32.7 Å². The molecule has 66 valence electrons. The highest BCUT2D eigenvalue weighted by atomic mass is 16.3. The summed E-state index contributed by atoms with van der Waals surface area (Å²) in [6, 6.07) is 0.429. The molecule has 0 aliphatic carbocycles. The van der Waals surface area contributed by atoms with Crippen LogP contribution in [-0.4, -0.2) is 35.7 Å². The van der Waals surface area contributed by atoms with Gasteiger partial charge in [-0.05, 0) is 12.3 Å². The highest BCUT2D eigenvalue weighted by Crippen LogP contribution is 2.21. The van der Waals surface area contributed by atoms with Crippen molar-refractivity contribution in [3.8, 4) is 0 Å². The highest BCUT2D eigenvalue weighted by molar-refractivity contribution is 4.83. The molecule has 1 rings (SSSR count). The van der Waals surface area contributed by atoms with E-state index in [0.717, 1.165) is 12.3 Å². The molecule has 2 heteroatoms. The first-order chi connectivity index (χ1) is 5.31. The van der Waals surface area contributed by atoms with E-state index in [1.54, 1.807) is 0 Å². The van der Waals surface area contributed by atoms with Crippen molar-refractivity contribution in [1.82, 2.24) is 4.90 Å². The third-order valence-electron chi connectivity index (χ3n) is 2.76. The molecule has 1 atom stereocenters. The second-order valence-corrected chi connectivity index (χ2v) is 3.47. The summed E-state index contributed by atoms with van der Waals surface area (Å²) < 4.78 is 0. The van der Waals surface area contributed by atoms with Crippen LogP contribution in [0.15, 0.2) is 0 Å². The zero-order valence-electron chi connectivity index (χ0n) is 7.58. The van der Waals surface area contributed by atoms with Gasteiger partial charge in [0.15, 0.2) is 0 Å². The standard InChI is InChI=1S/C9H19NO/c1-3-8-5-10(6-8)9(4-2)7-11/h8-9,11H,3-7H2,1-2H3/t9-/m0/s1. The Morgan fingerprint density at radius 3 is 2.45 bits per heavy atom. The van der Waals surface area contributed by atoms with Gasteiger partial charge in [0.2, 0.25) is 0 Å². The second-order valence-electron chi connectivity index (χ2n) is 3.47. The Balaban J connectivity index is 2.19. The summed E-state index contributed by atoms with van der Waals surface area (Å²) in [4.78, 5) is 2.38. The molecule has 1 saturated heterocycles. The summed E-state index contributed by atoms with van der Waals surface area (Å²) in [6.45, 7) is 7.11. The molecule has 0 aromatic carbocycles. The minimum absolute atomic E-state index is 0.326. The average Bonchev–Trinajstić information content (AvgIpc) is 1.95. The molecule has 1 fully saturated rings. The lowest BCUT2D eigenvalue weighted by atomic mass is 9.94. The molecule has 1 aliphatic heterocycles. The van der Waals surface area contributed by atoms with Crippen molar-refractivity contribution >= 4 is 0 Å². The first kappa shape index (κ1) is 9.01. The minimum atomic E-state index is 0.326. The molecule has 1 heterocycles. The van der Waals surface area contributed by atoms with Crippen molar-refractivity contribution in [2.24, 2.45) is 5.92 Å². The van der Waals surface area contributed by atoms with Crippen LogP contribution in [-0.2, 0) is 0 Å². The summed E-state index contributed by atoms with van der Waals surface area (Å²) in [7, 11) is 0. The van der Waals surface area contributed by atoms with E-state index in [0.29, 0.717) is 12.6 Å². The summed E-state index contributed by atoms with van der Waals surface area (Å²) >= 11 is 0. The molecular weight excluding hydrogens is 138 g/mol. The lowest BCUT2D eigenvalue weighted by Crippen LogP contribution is -2.52. The lowest BCUT2D eigenvalue weighted by molar-refractivity contribution is 0.0211. The van der Waals surface area contributed by atoms with E-state index >= 15 is 0 Å². The lowest BCUT2D eigenvalue weighted by Gasteiger charge is -2.43. The number of aliphatic hydroxyl groups is 1. The topological polar surface area (TPSA) is 23.5 Å². The van der Waals surface area contributed by atoms with Crippen LogP contribution in [0.2, 0.25) is 0 Å². The van der Waals surface area contributed by atoms with Gasteiger partial charge in [-0.2, -0.15) is 0 Å². The Morgan fingerprint density at radius 1 is 1.45 bits per heavy atom. The summed E-state index contributed by atoms with van der Waals surface area (Å²) in [5.74, 6) is 0.899. The molecule has 0 amide bonds. The van der Waals surface area contributed by atoms with Gasteiger partial charge >= 0.3 is 0 Å². The SMILES string of the molecule is CCC1CN([C@@H](CC)CO)C1. The molecule has 0 aromatic rings. The van der Waals surface area contributed by atoms with Crippen LogP contribution >= 0.6 is 0 Å². The van der Waals surface area contributed by atoms with Crippen molar-refractivity contribution in [3.05, 3.63) is 0 Å². The van der Waals surface area contributed by atoms with E-state index in [1.807, 2.05) is 0 Å². The zero-order chi connectivity index (χ0) is 8.27. The van der Waals surface area contributed by atoms with Gasteiger partial charge < -0.3 is 5.11 Å². The number of rotatable bonds is 4. The molecule has 0 saturated carbocycles. The van der Waals surface area contributed by atoms with Gasteiger partial charge in [-0.15, -0.1) is 0 Å². The van der Waals surface area contributed by atoms with Gasteiger partial charge in [-0.3, -0.25) is 4.90 Å². The predicted molar refractivity (Wildman–Crippen MR) is 46.5 cm³/mol. The Morgan fingerprint density at radius 2 is 2.09 bits per heavy atom. The highest BCUT2D eigenvalue weighted by Gasteiger charge is 2.29. The largest absolute Gasteiger partial charge is 0.395 e. The third-order valence-corrected chi connectivity index (χ3v) is 2.76. The molecular formula is C9H19NO. The zero-order valence-corrected chi connectivity index (χ0v) is 7.58. The Labute approximate surface area is 69.2 Å². The first-order valence-electron chi connectivity index (χ1n) is 4.66. The number of likely N-dealkylation sites (tertiary alicyclic amines) is 1. The molecule has 1 N–H and O–H groups in total. The number of nitrogens with zero attached hydrogens (tertiary/aromatic N) is 1. The van der Waals surface area contributed by atoms with Crippen molar-refractivity contribution in [1.29, 1.82) is 0 Å². The molecule has 0 bridgehead atoms. The van der Waals surface area contributed by atoms with E-state index in [1.165, 1.54) is 19.5 Å². The molecule has 0 unspecified atom stereocenters. The minimum Gasteiger partial charge on any atom is -0.395 e. The molecule has 1 aliphatic rings. The number of aliphatic hydroxyl groups excluding tert-OH is 1. The Kier molecular flexibility index (Phi) is 3.34. The van der Waals surface area contributed by atoms with Crippen LogP contribution in [0.4, 0.5) is 0 Å². The van der Waals surface area contributed by atoms with Crippen molar-refractivity contribution in [2.75, 3.05) is 19.7 Å². The fraction of sp³-hybridized carbons (Fsp3) is 1.00. The Bertz CT molecular complexity index is 106. The van der Waals surface area contributed by atoms with Gasteiger partial charge in [0.1, 0.15) is 0 Å². The van der Waals surface area contributed by atoms with Crippen LogP contribution in [0.1, 0.15) is 26.7 Å². The van der Waals surface area contributed by atoms with E-state index in [-0.39, 0.29) is 0 Å².